The Hall–Kier alpha value is 0.0900. The Kier molecular flexibility index (Phi) is 3.82. The SMILES string of the molecule is CC1CCN(c2ncc(I)cn2)C1CBr. The van der Waals surface area contributed by atoms with Crippen LogP contribution in [0.4, 0.5) is 5.95 Å². The average molecular weight is 382 g/mol. The van der Waals surface area contributed by atoms with Crippen molar-refractivity contribution in [1.29, 1.82) is 0 Å². The number of alkyl halides is 1. The lowest BCUT2D eigenvalue weighted by Gasteiger charge is -2.24. The molecule has 1 saturated heterocycles. The van der Waals surface area contributed by atoms with Gasteiger partial charge in [0.05, 0.1) is 0 Å². The minimum Gasteiger partial charge on any atom is -0.337 e. The van der Waals surface area contributed by atoms with Crippen LogP contribution in [-0.2, 0) is 0 Å². The van der Waals surface area contributed by atoms with E-state index in [0.717, 1.165) is 21.4 Å². The molecule has 15 heavy (non-hydrogen) atoms. The van der Waals surface area contributed by atoms with E-state index in [1.54, 1.807) is 0 Å². The van der Waals surface area contributed by atoms with Crippen molar-refractivity contribution in [2.75, 3.05) is 16.8 Å². The number of nitrogens with zero attached hydrogens (tertiary/aromatic N) is 3. The smallest absolute Gasteiger partial charge is 0.225 e. The molecular formula is C10H13BrIN3. The molecule has 2 unspecified atom stereocenters. The van der Waals surface area contributed by atoms with E-state index in [1.165, 1.54) is 6.42 Å². The zero-order valence-electron chi connectivity index (χ0n) is 8.53. The van der Waals surface area contributed by atoms with Gasteiger partial charge in [-0.1, -0.05) is 22.9 Å². The van der Waals surface area contributed by atoms with Crippen LogP contribution in [0.25, 0.3) is 0 Å². The van der Waals surface area contributed by atoms with E-state index in [4.69, 9.17) is 0 Å². The Morgan fingerprint density at radius 2 is 2.20 bits per heavy atom. The largest absolute Gasteiger partial charge is 0.337 e. The average Bonchev–Trinajstić information content (AvgIpc) is 2.61. The van der Waals surface area contributed by atoms with Crippen molar-refractivity contribution in [2.24, 2.45) is 5.92 Å². The van der Waals surface area contributed by atoms with Gasteiger partial charge in [0.1, 0.15) is 0 Å². The highest BCUT2D eigenvalue weighted by Crippen LogP contribution is 2.28. The summed E-state index contributed by atoms with van der Waals surface area (Å²) in [6, 6.07) is 0.532. The maximum atomic E-state index is 4.38. The minimum absolute atomic E-state index is 0.532. The molecule has 0 bridgehead atoms. The summed E-state index contributed by atoms with van der Waals surface area (Å²) in [5.74, 6) is 1.58. The zero-order chi connectivity index (χ0) is 10.8. The van der Waals surface area contributed by atoms with E-state index in [-0.39, 0.29) is 0 Å². The molecule has 2 heterocycles. The summed E-state index contributed by atoms with van der Waals surface area (Å²) in [6.45, 7) is 3.36. The van der Waals surface area contributed by atoms with E-state index in [1.807, 2.05) is 12.4 Å². The highest BCUT2D eigenvalue weighted by molar-refractivity contribution is 14.1. The lowest BCUT2D eigenvalue weighted by atomic mass is 10.1. The second kappa shape index (κ2) is 4.95. The van der Waals surface area contributed by atoms with Crippen LogP contribution in [0.1, 0.15) is 13.3 Å². The van der Waals surface area contributed by atoms with Crippen molar-refractivity contribution >= 4 is 44.5 Å². The molecule has 1 aliphatic heterocycles. The Labute approximate surface area is 112 Å². The number of hydrogen-bond donors (Lipinski definition) is 0. The monoisotopic (exact) mass is 381 g/mol. The third kappa shape index (κ3) is 2.43. The van der Waals surface area contributed by atoms with Gasteiger partial charge in [-0.15, -0.1) is 0 Å². The molecule has 2 rings (SSSR count). The summed E-state index contributed by atoms with van der Waals surface area (Å²) in [7, 11) is 0. The van der Waals surface area contributed by atoms with Crippen molar-refractivity contribution in [3.05, 3.63) is 16.0 Å². The molecule has 0 radical (unpaired) electrons. The third-order valence-corrected chi connectivity index (χ3v) is 4.12. The van der Waals surface area contributed by atoms with Gasteiger partial charge in [-0.05, 0) is 34.9 Å². The highest BCUT2D eigenvalue weighted by Gasteiger charge is 2.31. The lowest BCUT2D eigenvalue weighted by Crippen LogP contribution is -2.34. The number of anilines is 1. The molecule has 0 saturated carbocycles. The third-order valence-electron chi connectivity index (χ3n) is 2.90. The first-order chi connectivity index (χ1) is 7.22. The van der Waals surface area contributed by atoms with Crippen LogP contribution in [0.3, 0.4) is 0 Å². The van der Waals surface area contributed by atoms with E-state index >= 15 is 0 Å². The Morgan fingerprint density at radius 1 is 1.53 bits per heavy atom. The molecule has 1 aliphatic rings. The van der Waals surface area contributed by atoms with E-state index in [2.05, 4.69) is 60.3 Å². The Balaban J connectivity index is 2.20. The van der Waals surface area contributed by atoms with Gasteiger partial charge < -0.3 is 4.90 Å². The summed E-state index contributed by atoms with van der Waals surface area (Å²) in [5.41, 5.74) is 0. The van der Waals surface area contributed by atoms with Crippen molar-refractivity contribution in [2.45, 2.75) is 19.4 Å². The molecule has 82 valence electrons. The molecule has 3 nitrogen and oxygen atoms in total. The van der Waals surface area contributed by atoms with Gasteiger partial charge in [-0.3, -0.25) is 0 Å². The maximum absolute atomic E-state index is 4.38. The van der Waals surface area contributed by atoms with Gasteiger partial charge in [0.25, 0.3) is 0 Å². The van der Waals surface area contributed by atoms with Crippen LogP contribution in [0, 0.1) is 9.49 Å². The van der Waals surface area contributed by atoms with Crippen molar-refractivity contribution in [3.63, 3.8) is 0 Å². The van der Waals surface area contributed by atoms with Gasteiger partial charge >= 0.3 is 0 Å². The zero-order valence-corrected chi connectivity index (χ0v) is 12.3. The first-order valence-corrected chi connectivity index (χ1v) is 7.22. The highest BCUT2D eigenvalue weighted by atomic mass is 127. The standard InChI is InChI=1S/C10H13BrIN3/c1-7-2-3-15(9(7)4-11)10-13-5-8(12)6-14-10/h5-7,9H,2-4H2,1H3. The number of rotatable bonds is 2. The fourth-order valence-electron chi connectivity index (χ4n) is 1.95. The van der Waals surface area contributed by atoms with Crippen LogP contribution in [-0.4, -0.2) is 27.9 Å². The van der Waals surface area contributed by atoms with Gasteiger partial charge in [-0.2, -0.15) is 0 Å². The molecule has 0 N–H and O–H groups in total. The molecule has 0 aliphatic carbocycles. The van der Waals surface area contributed by atoms with Crippen molar-refractivity contribution < 1.29 is 0 Å². The van der Waals surface area contributed by atoms with E-state index in [9.17, 15) is 0 Å². The number of halogens is 2. The summed E-state index contributed by atoms with van der Waals surface area (Å²) in [4.78, 5) is 11.1. The molecule has 1 aromatic heterocycles. The fraction of sp³-hybridized carbons (Fsp3) is 0.600. The summed E-state index contributed by atoms with van der Waals surface area (Å²) in [5, 5.41) is 0.990. The van der Waals surface area contributed by atoms with Gasteiger partial charge in [0, 0.05) is 33.9 Å². The lowest BCUT2D eigenvalue weighted by molar-refractivity contribution is 0.551. The topological polar surface area (TPSA) is 29.0 Å². The van der Waals surface area contributed by atoms with Gasteiger partial charge in [0.2, 0.25) is 5.95 Å². The predicted octanol–water partition coefficient (Wildman–Crippen LogP) is 2.69. The van der Waals surface area contributed by atoms with E-state index in [0.29, 0.717) is 12.0 Å². The second-order valence-electron chi connectivity index (χ2n) is 3.88. The first-order valence-electron chi connectivity index (χ1n) is 5.02. The maximum Gasteiger partial charge on any atom is 0.225 e. The molecular weight excluding hydrogens is 369 g/mol. The molecule has 0 spiro atoms. The molecule has 2 atom stereocenters. The van der Waals surface area contributed by atoms with Gasteiger partial charge in [0.15, 0.2) is 0 Å². The Bertz CT molecular complexity index is 330. The van der Waals surface area contributed by atoms with Crippen molar-refractivity contribution in [1.82, 2.24) is 9.97 Å². The van der Waals surface area contributed by atoms with Gasteiger partial charge in [-0.25, -0.2) is 9.97 Å². The predicted molar refractivity (Wildman–Crippen MR) is 73.5 cm³/mol. The second-order valence-corrected chi connectivity index (χ2v) is 5.78. The fourth-order valence-corrected chi connectivity index (χ4v) is 3.21. The van der Waals surface area contributed by atoms with E-state index < -0.39 is 0 Å². The van der Waals surface area contributed by atoms with Crippen LogP contribution in [0.15, 0.2) is 12.4 Å². The van der Waals surface area contributed by atoms with Crippen LogP contribution >= 0.6 is 38.5 Å². The Morgan fingerprint density at radius 3 is 2.80 bits per heavy atom. The van der Waals surface area contributed by atoms with Crippen molar-refractivity contribution in [3.8, 4) is 0 Å². The minimum atomic E-state index is 0.532. The molecule has 5 heteroatoms. The number of aromatic nitrogens is 2. The summed E-state index contributed by atoms with van der Waals surface area (Å²) >= 11 is 5.80. The van der Waals surface area contributed by atoms with Crippen LogP contribution in [0.2, 0.25) is 0 Å². The molecule has 1 aromatic rings. The number of hydrogen-bond acceptors (Lipinski definition) is 3. The normalized spacial score (nSPS) is 25.9. The summed E-state index contributed by atoms with van der Waals surface area (Å²) in [6.07, 6.45) is 4.97. The quantitative estimate of drug-likeness (QED) is 0.582. The molecule has 0 aromatic carbocycles. The molecule has 0 amide bonds. The van der Waals surface area contributed by atoms with Crippen LogP contribution in [0.5, 0.6) is 0 Å². The summed E-state index contributed by atoms with van der Waals surface area (Å²) < 4.78 is 1.08. The first kappa shape index (κ1) is 11.6. The molecule has 1 fully saturated rings. The van der Waals surface area contributed by atoms with Crippen LogP contribution < -0.4 is 4.90 Å².